The maximum atomic E-state index is 11.3. The van der Waals surface area contributed by atoms with Crippen LogP contribution in [-0.4, -0.2) is 28.4 Å². The Hall–Kier alpha value is -1.55. The average molecular weight is 346 g/mol. The third-order valence-electron chi connectivity index (χ3n) is 6.35. The monoisotopic (exact) mass is 346 g/mol. The molecule has 0 unspecified atom stereocenters. The van der Waals surface area contributed by atoms with Gasteiger partial charge in [0.1, 0.15) is 5.75 Å². The first-order chi connectivity index (χ1) is 11.8. The third kappa shape index (κ3) is 3.29. The molecule has 1 aromatic carbocycles. The van der Waals surface area contributed by atoms with Gasteiger partial charge in [-0.2, -0.15) is 0 Å². The van der Waals surface area contributed by atoms with E-state index < -0.39 is 11.6 Å². The molecular formula is C21H30O4. The lowest BCUT2D eigenvalue weighted by molar-refractivity contribution is -0.0612. The fourth-order valence-electron chi connectivity index (χ4n) is 5.25. The van der Waals surface area contributed by atoms with E-state index in [1.165, 1.54) is 0 Å². The summed E-state index contributed by atoms with van der Waals surface area (Å²) >= 11 is 0. The zero-order valence-electron chi connectivity index (χ0n) is 15.5. The van der Waals surface area contributed by atoms with E-state index in [0.29, 0.717) is 18.4 Å². The number of carboxylic acids is 1. The molecule has 1 aliphatic carbocycles. The fraction of sp³-hybridized carbons (Fsp3) is 0.667. The normalized spacial score (nSPS) is 31.6. The maximum absolute atomic E-state index is 11.3. The molecule has 2 N–H and O–H groups in total. The number of carboxylic acid groups (broad SMARTS) is 1. The van der Waals surface area contributed by atoms with Gasteiger partial charge in [-0.3, -0.25) is 0 Å². The summed E-state index contributed by atoms with van der Waals surface area (Å²) in [5.41, 5.74) is 0.805. The number of hydrogen-bond donors (Lipinski definition) is 2. The van der Waals surface area contributed by atoms with Gasteiger partial charge < -0.3 is 14.9 Å². The maximum Gasteiger partial charge on any atom is 0.335 e. The van der Waals surface area contributed by atoms with E-state index in [4.69, 9.17) is 4.74 Å². The number of aromatic carboxylic acids is 1. The van der Waals surface area contributed by atoms with Crippen molar-refractivity contribution in [1.29, 1.82) is 0 Å². The molecule has 0 aromatic heterocycles. The Kier molecular flexibility index (Phi) is 4.84. The number of carbonyl (C=O) groups is 1. The van der Waals surface area contributed by atoms with E-state index in [2.05, 4.69) is 20.8 Å². The molecule has 1 fully saturated rings. The van der Waals surface area contributed by atoms with Crippen LogP contribution in [0, 0.1) is 11.8 Å². The molecular weight excluding hydrogens is 316 g/mol. The second-order valence-corrected chi connectivity index (χ2v) is 8.39. The van der Waals surface area contributed by atoms with Crippen molar-refractivity contribution in [2.24, 2.45) is 11.8 Å². The predicted molar refractivity (Wildman–Crippen MR) is 97.2 cm³/mol. The van der Waals surface area contributed by atoms with Crippen LogP contribution >= 0.6 is 0 Å². The van der Waals surface area contributed by atoms with Crippen molar-refractivity contribution in [3.63, 3.8) is 0 Å². The topological polar surface area (TPSA) is 66.8 Å². The van der Waals surface area contributed by atoms with E-state index in [0.717, 1.165) is 49.8 Å². The van der Waals surface area contributed by atoms with Crippen molar-refractivity contribution in [2.45, 2.75) is 70.3 Å². The Balaban J connectivity index is 1.99. The lowest BCUT2D eigenvalue weighted by atomic mass is 9.56. The molecule has 0 spiro atoms. The number of fused-ring (bicyclic) bond motifs is 3. The minimum atomic E-state index is -0.923. The van der Waals surface area contributed by atoms with Gasteiger partial charge >= 0.3 is 5.97 Å². The number of ether oxygens (including phenoxy) is 1. The Morgan fingerprint density at radius 3 is 2.76 bits per heavy atom. The van der Waals surface area contributed by atoms with Crippen LogP contribution < -0.4 is 4.74 Å². The van der Waals surface area contributed by atoms with Crippen molar-refractivity contribution in [3.05, 3.63) is 29.3 Å². The minimum Gasteiger partial charge on any atom is -0.493 e. The summed E-state index contributed by atoms with van der Waals surface area (Å²) in [6.45, 7) is 7.12. The fourth-order valence-corrected chi connectivity index (χ4v) is 5.25. The largest absolute Gasteiger partial charge is 0.493 e. The summed E-state index contributed by atoms with van der Waals surface area (Å²) < 4.78 is 5.96. The van der Waals surface area contributed by atoms with Crippen molar-refractivity contribution < 1.29 is 19.7 Å². The van der Waals surface area contributed by atoms with Gasteiger partial charge in [0.05, 0.1) is 17.8 Å². The third-order valence-corrected chi connectivity index (χ3v) is 6.35. The van der Waals surface area contributed by atoms with E-state index in [1.807, 2.05) is 6.07 Å². The van der Waals surface area contributed by atoms with Gasteiger partial charge in [-0.15, -0.1) is 0 Å². The van der Waals surface area contributed by atoms with Gasteiger partial charge in [-0.05, 0) is 62.5 Å². The SMILES string of the molecule is CC[C@]12CC[C@@](O)(CC(C)C)C[C@H]1CCOc1cc(C(=O)O)ccc12. The number of rotatable bonds is 4. The second kappa shape index (κ2) is 6.64. The highest BCUT2D eigenvalue weighted by Gasteiger charge is 2.50. The molecule has 0 radical (unpaired) electrons. The van der Waals surface area contributed by atoms with Crippen LogP contribution in [0.5, 0.6) is 5.75 Å². The van der Waals surface area contributed by atoms with Crippen LogP contribution in [0.3, 0.4) is 0 Å². The van der Waals surface area contributed by atoms with E-state index >= 15 is 0 Å². The molecule has 1 aromatic rings. The predicted octanol–water partition coefficient (Wildman–Crippen LogP) is 4.39. The Labute approximate surface area is 150 Å². The summed E-state index contributed by atoms with van der Waals surface area (Å²) in [5, 5.41) is 20.4. The summed E-state index contributed by atoms with van der Waals surface area (Å²) in [5.74, 6) is 0.643. The standard InChI is InChI=1S/C21H30O4/c1-4-21-9-8-20(24,12-14(2)3)13-16(21)7-10-25-18-11-15(19(22)23)5-6-17(18)21/h5-6,11,14,16,24H,4,7-10,12-13H2,1-3H3,(H,22,23)/t16-,20-,21+/m1/s1. The van der Waals surface area contributed by atoms with Gasteiger partial charge in [0.25, 0.3) is 0 Å². The number of hydrogen-bond acceptors (Lipinski definition) is 3. The molecule has 1 aliphatic heterocycles. The Morgan fingerprint density at radius 2 is 2.12 bits per heavy atom. The van der Waals surface area contributed by atoms with Crippen molar-refractivity contribution >= 4 is 5.97 Å². The molecule has 3 atom stereocenters. The molecule has 1 heterocycles. The van der Waals surface area contributed by atoms with Crippen LogP contribution in [-0.2, 0) is 5.41 Å². The lowest BCUT2D eigenvalue weighted by Gasteiger charge is -2.50. The number of aliphatic hydroxyl groups is 1. The highest BCUT2D eigenvalue weighted by molar-refractivity contribution is 5.88. The zero-order chi connectivity index (χ0) is 18.2. The van der Waals surface area contributed by atoms with Crippen molar-refractivity contribution in [1.82, 2.24) is 0 Å². The molecule has 138 valence electrons. The quantitative estimate of drug-likeness (QED) is 0.848. The van der Waals surface area contributed by atoms with Crippen LogP contribution in [0.15, 0.2) is 18.2 Å². The summed E-state index contributed by atoms with van der Waals surface area (Å²) in [6.07, 6.45) is 5.27. The molecule has 4 heteroatoms. The molecule has 3 rings (SSSR count). The Bertz CT molecular complexity index is 653. The van der Waals surface area contributed by atoms with Crippen LogP contribution in [0.4, 0.5) is 0 Å². The van der Waals surface area contributed by atoms with Crippen molar-refractivity contribution in [2.75, 3.05) is 6.61 Å². The van der Waals surface area contributed by atoms with Crippen LogP contribution in [0.1, 0.15) is 75.2 Å². The van der Waals surface area contributed by atoms with Gasteiger partial charge in [0.2, 0.25) is 0 Å². The second-order valence-electron chi connectivity index (χ2n) is 8.39. The average Bonchev–Trinajstić information content (AvgIpc) is 2.69. The molecule has 0 bridgehead atoms. The molecule has 2 aliphatic rings. The molecule has 1 saturated carbocycles. The first kappa shape index (κ1) is 18.2. The number of benzene rings is 1. The zero-order valence-corrected chi connectivity index (χ0v) is 15.5. The summed E-state index contributed by atoms with van der Waals surface area (Å²) in [6, 6.07) is 5.32. The van der Waals surface area contributed by atoms with Gasteiger partial charge in [0, 0.05) is 11.0 Å². The van der Waals surface area contributed by atoms with Gasteiger partial charge in [-0.1, -0.05) is 26.8 Å². The molecule has 25 heavy (non-hydrogen) atoms. The molecule has 0 amide bonds. The van der Waals surface area contributed by atoms with Crippen molar-refractivity contribution in [3.8, 4) is 5.75 Å². The molecule has 4 nitrogen and oxygen atoms in total. The van der Waals surface area contributed by atoms with E-state index in [9.17, 15) is 15.0 Å². The first-order valence-corrected chi connectivity index (χ1v) is 9.53. The van der Waals surface area contributed by atoms with Crippen LogP contribution in [0.2, 0.25) is 0 Å². The van der Waals surface area contributed by atoms with Gasteiger partial charge in [0.15, 0.2) is 0 Å². The summed E-state index contributed by atoms with van der Waals surface area (Å²) in [7, 11) is 0. The Morgan fingerprint density at radius 1 is 1.36 bits per heavy atom. The smallest absolute Gasteiger partial charge is 0.335 e. The van der Waals surface area contributed by atoms with E-state index in [1.54, 1.807) is 12.1 Å². The lowest BCUT2D eigenvalue weighted by Crippen LogP contribution is -2.48. The first-order valence-electron chi connectivity index (χ1n) is 9.53. The highest BCUT2D eigenvalue weighted by Crippen LogP contribution is 2.55. The van der Waals surface area contributed by atoms with Gasteiger partial charge in [-0.25, -0.2) is 4.79 Å². The highest BCUT2D eigenvalue weighted by atomic mass is 16.5. The molecule has 0 saturated heterocycles. The van der Waals surface area contributed by atoms with E-state index in [-0.39, 0.29) is 11.0 Å². The minimum absolute atomic E-state index is 0.0217. The van der Waals surface area contributed by atoms with Crippen LogP contribution in [0.25, 0.3) is 0 Å². The summed E-state index contributed by atoms with van der Waals surface area (Å²) in [4.78, 5) is 11.3.